The fraction of sp³-hybridized carbons (Fsp3) is 0.667. The number of aryl methyl sites for hydroxylation is 2. The first kappa shape index (κ1) is 15.5. The second kappa shape index (κ2) is 6.28. The molecule has 1 aliphatic rings. The van der Waals surface area contributed by atoms with Crippen LogP contribution < -0.4 is 5.32 Å². The molecule has 1 unspecified atom stereocenters. The fourth-order valence-corrected chi connectivity index (χ4v) is 3.24. The highest BCUT2D eigenvalue weighted by molar-refractivity contribution is 5.32. The standard InChI is InChI=1S/C18H30N2/c1-6-19-17(13-20-11-7-10-18(20,4)5)16-9-8-14(2)15(3)12-16/h8-9,12,17,19H,6-7,10-11,13H2,1-5H3. The van der Waals surface area contributed by atoms with Crippen LogP contribution in [-0.2, 0) is 0 Å². The van der Waals surface area contributed by atoms with Gasteiger partial charge in [0.05, 0.1) is 0 Å². The molecule has 1 aliphatic heterocycles. The van der Waals surface area contributed by atoms with Crippen LogP contribution in [0.2, 0.25) is 0 Å². The molecule has 2 rings (SSSR count). The van der Waals surface area contributed by atoms with E-state index in [-0.39, 0.29) is 0 Å². The van der Waals surface area contributed by atoms with Crippen molar-refractivity contribution in [2.24, 2.45) is 0 Å². The Morgan fingerprint density at radius 2 is 2.00 bits per heavy atom. The highest BCUT2D eigenvalue weighted by Crippen LogP contribution is 2.30. The molecule has 20 heavy (non-hydrogen) atoms. The highest BCUT2D eigenvalue weighted by Gasteiger charge is 2.33. The number of nitrogens with zero attached hydrogens (tertiary/aromatic N) is 1. The van der Waals surface area contributed by atoms with E-state index in [2.05, 4.69) is 63.0 Å². The van der Waals surface area contributed by atoms with Crippen LogP contribution in [0.5, 0.6) is 0 Å². The summed E-state index contributed by atoms with van der Waals surface area (Å²) in [6, 6.07) is 7.34. The first-order valence-electron chi connectivity index (χ1n) is 7.99. The van der Waals surface area contributed by atoms with Crippen molar-refractivity contribution in [3.63, 3.8) is 0 Å². The molecule has 1 heterocycles. The van der Waals surface area contributed by atoms with Crippen molar-refractivity contribution in [2.75, 3.05) is 19.6 Å². The molecular formula is C18H30N2. The summed E-state index contributed by atoms with van der Waals surface area (Å²) in [5.74, 6) is 0. The number of likely N-dealkylation sites (tertiary alicyclic amines) is 1. The number of hydrogen-bond acceptors (Lipinski definition) is 2. The van der Waals surface area contributed by atoms with Crippen molar-refractivity contribution in [3.8, 4) is 0 Å². The third-order valence-electron chi connectivity index (χ3n) is 4.86. The predicted molar refractivity (Wildman–Crippen MR) is 87.2 cm³/mol. The summed E-state index contributed by atoms with van der Waals surface area (Å²) in [5.41, 5.74) is 4.56. The first-order valence-corrected chi connectivity index (χ1v) is 7.99. The summed E-state index contributed by atoms with van der Waals surface area (Å²) in [4.78, 5) is 2.65. The quantitative estimate of drug-likeness (QED) is 0.878. The van der Waals surface area contributed by atoms with Gasteiger partial charge in [-0.1, -0.05) is 25.1 Å². The van der Waals surface area contributed by atoms with E-state index < -0.39 is 0 Å². The Morgan fingerprint density at radius 3 is 2.55 bits per heavy atom. The van der Waals surface area contributed by atoms with Crippen molar-refractivity contribution in [1.29, 1.82) is 0 Å². The van der Waals surface area contributed by atoms with Crippen LogP contribution >= 0.6 is 0 Å². The molecule has 1 N–H and O–H groups in total. The first-order chi connectivity index (χ1) is 9.44. The normalized spacial score (nSPS) is 20.2. The smallest absolute Gasteiger partial charge is 0.0449 e. The van der Waals surface area contributed by atoms with Crippen molar-refractivity contribution < 1.29 is 0 Å². The van der Waals surface area contributed by atoms with Gasteiger partial charge >= 0.3 is 0 Å². The van der Waals surface area contributed by atoms with Gasteiger partial charge in [-0.15, -0.1) is 0 Å². The summed E-state index contributed by atoms with van der Waals surface area (Å²) in [6.45, 7) is 14.7. The van der Waals surface area contributed by atoms with Crippen LogP contribution in [0.3, 0.4) is 0 Å². The van der Waals surface area contributed by atoms with E-state index in [1.807, 2.05) is 0 Å². The fourth-order valence-electron chi connectivity index (χ4n) is 3.24. The van der Waals surface area contributed by atoms with Gasteiger partial charge in [-0.05, 0) is 70.3 Å². The maximum atomic E-state index is 3.67. The molecule has 2 heteroatoms. The Hall–Kier alpha value is -0.860. The molecule has 0 saturated carbocycles. The van der Waals surface area contributed by atoms with Gasteiger partial charge < -0.3 is 5.32 Å². The number of hydrogen-bond donors (Lipinski definition) is 1. The molecular weight excluding hydrogens is 244 g/mol. The van der Waals surface area contributed by atoms with E-state index in [0.29, 0.717) is 11.6 Å². The van der Waals surface area contributed by atoms with Crippen molar-refractivity contribution in [2.45, 2.75) is 59.0 Å². The van der Waals surface area contributed by atoms with Gasteiger partial charge in [0, 0.05) is 18.1 Å². The Morgan fingerprint density at radius 1 is 1.25 bits per heavy atom. The summed E-state index contributed by atoms with van der Waals surface area (Å²) in [7, 11) is 0. The second-order valence-corrected chi connectivity index (χ2v) is 6.82. The van der Waals surface area contributed by atoms with Crippen LogP contribution in [0.1, 0.15) is 56.3 Å². The lowest BCUT2D eigenvalue weighted by molar-refractivity contribution is 0.157. The molecule has 0 spiro atoms. The lowest BCUT2D eigenvalue weighted by Crippen LogP contribution is -2.43. The molecule has 1 aromatic carbocycles. The maximum absolute atomic E-state index is 3.67. The highest BCUT2D eigenvalue weighted by atomic mass is 15.2. The Balaban J connectivity index is 2.16. The van der Waals surface area contributed by atoms with E-state index in [1.54, 1.807) is 0 Å². The van der Waals surface area contributed by atoms with Gasteiger partial charge in [0.2, 0.25) is 0 Å². The molecule has 1 fully saturated rings. The molecule has 1 aromatic rings. The number of benzene rings is 1. The number of likely N-dealkylation sites (N-methyl/N-ethyl adjacent to an activating group) is 1. The van der Waals surface area contributed by atoms with Crippen LogP contribution in [0.25, 0.3) is 0 Å². The molecule has 0 amide bonds. The molecule has 2 nitrogen and oxygen atoms in total. The van der Waals surface area contributed by atoms with Gasteiger partial charge in [-0.3, -0.25) is 4.90 Å². The maximum Gasteiger partial charge on any atom is 0.0449 e. The van der Waals surface area contributed by atoms with Crippen LogP contribution in [0, 0.1) is 13.8 Å². The Bertz CT molecular complexity index is 451. The van der Waals surface area contributed by atoms with Gasteiger partial charge in [0.1, 0.15) is 0 Å². The Kier molecular flexibility index (Phi) is 4.87. The number of rotatable bonds is 5. The summed E-state index contributed by atoms with van der Waals surface area (Å²) < 4.78 is 0. The SMILES string of the molecule is CCNC(CN1CCCC1(C)C)c1ccc(C)c(C)c1. The lowest BCUT2D eigenvalue weighted by atomic mass is 9.98. The molecule has 1 saturated heterocycles. The zero-order valence-corrected chi connectivity index (χ0v) is 13.8. The largest absolute Gasteiger partial charge is 0.309 e. The van der Waals surface area contributed by atoms with E-state index >= 15 is 0 Å². The van der Waals surface area contributed by atoms with Gasteiger partial charge in [0.25, 0.3) is 0 Å². The van der Waals surface area contributed by atoms with Crippen LogP contribution in [0.4, 0.5) is 0 Å². The summed E-state index contributed by atoms with van der Waals surface area (Å²) >= 11 is 0. The average Bonchev–Trinajstić information content (AvgIpc) is 2.72. The van der Waals surface area contributed by atoms with Crippen molar-refractivity contribution in [1.82, 2.24) is 10.2 Å². The van der Waals surface area contributed by atoms with Gasteiger partial charge in [-0.2, -0.15) is 0 Å². The second-order valence-electron chi connectivity index (χ2n) is 6.82. The monoisotopic (exact) mass is 274 g/mol. The van der Waals surface area contributed by atoms with Crippen molar-refractivity contribution in [3.05, 3.63) is 34.9 Å². The van der Waals surface area contributed by atoms with Gasteiger partial charge in [-0.25, -0.2) is 0 Å². The zero-order chi connectivity index (χ0) is 14.8. The minimum absolute atomic E-state index is 0.355. The summed E-state index contributed by atoms with van der Waals surface area (Å²) in [5, 5.41) is 3.67. The van der Waals surface area contributed by atoms with Crippen LogP contribution in [0.15, 0.2) is 18.2 Å². The molecule has 0 aliphatic carbocycles. The predicted octanol–water partition coefficient (Wildman–Crippen LogP) is 3.83. The average molecular weight is 274 g/mol. The van der Waals surface area contributed by atoms with E-state index in [0.717, 1.165) is 13.1 Å². The topological polar surface area (TPSA) is 15.3 Å². The van der Waals surface area contributed by atoms with E-state index in [9.17, 15) is 0 Å². The molecule has 0 radical (unpaired) electrons. The Labute approximate surface area is 124 Å². The minimum Gasteiger partial charge on any atom is -0.309 e. The molecule has 1 atom stereocenters. The zero-order valence-electron chi connectivity index (χ0n) is 13.8. The molecule has 0 aromatic heterocycles. The number of nitrogens with one attached hydrogen (secondary N) is 1. The summed E-state index contributed by atoms with van der Waals surface area (Å²) in [6.07, 6.45) is 2.65. The third kappa shape index (κ3) is 3.42. The lowest BCUT2D eigenvalue weighted by Gasteiger charge is -2.35. The minimum atomic E-state index is 0.355. The molecule has 0 bridgehead atoms. The van der Waals surface area contributed by atoms with Gasteiger partial charge in [0.15, 0.2) is 0 Å². The van der Waals surface area contributed by atoms with E-state index in [4.69, 9.17) is 0 Å². The molecule has 112 valence electrons. The van der Waals surface area contributed by atoms with E-state index in [1.165, 1.54) is 36.1 Å². The third-order valence-corrected chi connectivity index (χ3v) is 4.86. The van der Waals surface area contributed by atoms with Crippen LogP contribution in [-0.4, -0.2) is 30.1 Å². The van der Waals surface area contributed by atoms with Crippen molar-refractivity contribution >= 4 is 0 Å².